The molecular formula is C7H13KO5S. The standard InChI is InChI=1S/C7H12O5S.K.H/c1-4-6(13(9,10)11)12-7(8)5(2)3;;/h6H,2,4H2,1,3H3,(H,9,10,11);;/q;+1;-1. The smallest absolute Gasteiger partial charge is 1.00 e. The molecule has 0 amide bonds. The summed E-state index contributed by atoms with van der Waals surface area (Å²) in [6.07, 6.45) is -0.00213. The first-order chi connectivity index (χ1) is 5.79. The summed E-state index contributed by atoms with van der Waals surface area (Å²) in [5.74, 6) is -0.829. The van der Waals surface area contributed by atoms with Gasteiger partial charge < -0.3 is 6.16 Å². The summed E-state index contributed by atoms with van der Waals surface area (Å²) >= 11 is 0. The van der Waals surface area contributed by atoms with Gasteiger partial charge in [0.1, 0.15) is 0 Å². The molecule has 0 bridgehead atoms. The molecule has 0 saturated heterocycles. The van der Waals surface area contributed by atoms with Gasteiger partial charge in [0.15, 0.2) is 0 Å². The average Bonchev–Trinajstić information content (AvgIpc) is 1.96. The van der Waals surface area contributed by atoms with Crippen molar-refractivity contribution in [3.63, 3.8) is 0 Å². The molecule has 0 heterocycles. The molecule has 0 aromatic rings. The van der Waals surface area contributed by atoms with Gasteiger partial charge >= 0.3 is 67.5 Å². The van der Waals surface area contributed by atoms with Crippen molar-refractivity contribution < 1.29 is 75.3 Å². The fraction of sp³-hybridized carbons (Fsp3) is 0.571. The molecule has 0 radical (unpaired) electrons. The molecule has 14 heavy (non-hydrogen) atoms. The molecule has 0 fully saturated rings. The summed E-state index contributed by atoms with van der Waals surface area (Å²) in [4.78, 5) is 10.9. The van der Waals surface area contributed by atoms with Crippen molar-refractivity contribution in [3.05, 3.63) is 12.2 Å². The van der Waals surface area contributed by atoms with Gasteiger partial charge in [-0.3, -0.25) is 4.55 Å². The number of hydrogen-bond acceptors (Lipinski definition) is 4. The van der Waals surface area contributed by atoms with E-state index in [0.29, 0.717) is 0 Å². The first kappa shape index (κ1) is 17.2. The second-order valence-electron chi connectivity index (χ2n) is 2.54. The Morgan fingerprint density at radius 1 is 1.64 bits per heavy atom. The fourth-order valence-electron chi connectivity index (χ4n) is 0.575. The Balaban J connectivity index is -0.000000720. The summed E-state index contributed by atoms with van der Waals surface area (Å²) in [6, 6.07) is 0. The van der Waals surface area contributed by atoms with E-state index in [1.807, 2.05) is 0 Å². The Bertz CT molecular complexity index is 313. The van der Waals surface area contributed by atoms with Crippen LogP contribution in [0.2, 0.25) is 0 Å². The van der Waals surface area contributed by atoms with Crippen molar-refractivity contribution in [2.75, 3.05) is 0 Å². The first-order valence-corrected chi connectivity index (χ1v) is 5.12. The van der Waals surface area contributed by atoms with E-state index in [1.165, 1.54) is 13.8 Å². The van der Waals surface area contributed by atoms with Crippen LogP contribution in [-0.4, -0.2) is 24.4 Å². The van der Waals surface area contributed by atoms with Crippen LogP contribution in [0.1, 0.15) is 21.7 Å². The molecule has 0 saturated carbocycles. The number of carbonyl (C=O) groups is 1. The van der Waals surface area contributed by atoms with Gasteiger partial charge in [-0.15, -0.1) is 0 Å². The fourth-order valence-corrected chi connectivity index (χ4v) is 1.20. The molecule has 1 N–H and O–H groups in total. The van der Waals surface area contributed by atoms with Crippen molar-refractivity contribution in [1.82, 2.24) is 0 Å². The van der Waals surface area contributed by atoms with Crippen LogP contribution in [0.25, 0.3) is 0 Å². The number of rotatable bonds is 4. The van der Waals surface area contributed by atoms with E-state index < -0.39 is 21.5 Å². The van der Waals surface area contributed by atoms with E-state index in [1.54, 1.807) is 0 Å². The van der Waals surface area contributed by atoms with Crippen LogP contribution < -0.4 is 51.4 Å². The maximum absolute atomic E-state index is 10.9. The van der Waals surface area contributed by atoms with Crippen molar-refractivity contribution >= 4 is 16.1 Å². The van der Waals surface area contributed by atoms with Crippen molar-refractivity contribution in [2.45, 2.75) is 25.7 Å². The summed E-state index contributed by atoms with van der Waals surface area (Å²) in [5.41, 5.74) is -1.42. The SMILES string of the molecule is C=C(C)C(=O)OC(CC)S(=O)(=O)O.[H-].[K+]. The van der Waals surface area contributed by atoms with Gasteiger partial charge in [0.2, 0.25) is 5.44 Å². The predicted molar refractivity (Wildman–Crippen MR) is 47.6 cm³/mol. The molecule has 5 nitrogen and oxygen atoms in total. The van der Waals surface area contributed by atoms with Gasteiger partial charge in [0.25, 0.3) is 0 Å². The van der Waals surface area contributed by atoms with E-state index in [2.05, 4.69) is 11.3 Å². The van der Waals surface area contributed by atoms with Crippen LogP contribution in [-0.2, 0) is 19.6 Å². The zero-order valence-electron chi connectivity index (χ0n) is 9.48. The topological polar surface area (TPSA) is 80.7 Å². The van der Waals surface area contributed by atoms with Gasteiger partial charge in [0, 0.05) is 5.57 Å². The molecule has 78 valence electrons. The normalized spacial score (nSPS) is 12.5. The van der Waals surface area contributed by atoms with Crippen LogP contribution in [0, 0.1) is 0 Å². The number of ether oxygens (including phenoxy) is 1. The summed E-state index contributed by atoms with van der Waals surface area (Å²) in [5, 5.41) is 0. The first-order valence-electron chi connectivity index (χ1n) is 3.61. The maximum atomic E-state index is 10.9. The molecule has 0 aliphatic carbocycles. The summed E-state index contributed by atoms with van der Waals surface area (Å²) in [7, 11) is -4.33. The van der Waals surface area contributed by atoms with E-state index in [-0.39, 0.29) is 64.8 Å². The van der Waals surface area contributed by atoms with Crippen LogP contribution in [0.3, 0.4) is 0 Å². The molecule has 0 aromatic heterocycles. The minimum absolute atomic E-state index is 0. The predicted octanol–water partition coefficient (Wildman–Crippen LogP) is -2.15. The quantitative estimate of drug-likeness (QED) is 0.265. The Labute approximate surface area is 128 Å². The molecule has 7 heteroatoms. The zero-order chi connectivity index (χ0) is 10.6. The second kappa shape index (κ2) is 7.10. The van der Waals surface area contributed by atoms with Crippen molar-refractivity contribution in [3.8, 4) is 0 Å². The Kier molecular flexibility index (Phi) is 8.70. The van der Waals surface area contributed by atoms with E-state index >= 15 is 0 Å². The van der Waals surface area contributed by atoms with Gasteiger partial charge in [0.05, 0.1) is 0 Å². The second-order valence-corrected chi connectivity index (χ2v) is 4.09. The molecule has 0 aliphatic rings. The monoisotopic (exact) mass is 248 g/mol. The average molecular weight is 248 g/mol. The third-order valence-electron chi connectivity index (χ3n) is 1.25. The minimum Gasteiger partial charge on any atom is -1.00 e. The van der Waals surface area contributed by atoms with Crippen molar-refractivity contribution in [2.24, 2.45) is 0 Å². The molecular weight excluding hydrogens is 235 g/mol. The number of esters is 1. The molecule has 1 atom stereocenters. The summed E-state index contributed by atoms with van der Waals surface area (Å²) in [6.45, 7) is 6.14. The van der Waals surface area contributed by atoms with Crippen molar-refractivity contribution in [1.29, 1.82) is 0 Å². The molecule has 0 aromatic carbocycles. The maximum Gasteiger partial charge on any atom is 1.00 e. The molecule has 0 aliphatic heterocycles. The van der Waals surface area contributed by atoms with Gasteiger partial charge in [-0.1, -0.05) is 13.5 Å². The van der Waals surface area contributed by atoms with E-state index in [9.17, 15) is 13.2 Å². The van der Waals surface area contributed by atoms with E-state index in [4.69, 9.17) is 4.55 Å². The Morgan fingerprint density at radius 3 is 2.29 bits per heavy atom. The van der Waals surface area contributed by atoms with Crippen LogP contribution in [0.5, 0.6) is 0 Å². The van der Waals surface area contributed by atoms with Crippen LogP contribution in [0.15, 0.2) is 12.2 Å². The third kappa shape index (κ3) is 6.28. The Morgan fingerprint density at radius 2 is 2.07 bits per heavy atom. The molecule has 0 spiro atoms. The molecule has 1 unspecified atom stereocenters. The minimum atomic E-state index is -4.33. The Hall–Kier alpha value is 0.756. The third-order valence-corrected chi connectivity index (χ3v) is 2.35. The molecule has 0 rings (SSSR count). The number of hydrogen-bond donors (Lipinski definition) is 1. The summed E-state index contributed by atoms with van der Waals surface area (Å²) < 4.78 is 34.2. The van der Waals surface area contributed by atoms with Crippen LogP contribution >= 0.6 is 0 Å². The van der Waals surface area contributed by atoms with Gasteiger partial charge in [-0.2, -0.15) is 8.42 Å². The van der Waals surface area contributed by atoms with Gasteiger partial charge in [-0.25, -0.2) is 4.79 Å². The van der Waals surface area contributed by atoms with E-state index in [0.717, 1.165) is 0 Å². The van der Waals surface area contributed by atoms with Gasteiger partial charge in [-0.05, 0) is 13.3 Å². The zero-order valence-corrected chi connectivity index (χ0v) is 12.4. The largest absolute Gasteiger partial charge is 1.00 e. The van der Waals surface area contributed by atoms with Crippen LogP contribution in [0.4, 0.5) is 0 Å². The number of carbonyl (C=O) groups excluding carboxylic acids is 1.